The van der Waals surface area contributed by atoms with E-state index in [9.17, 15) is 5.26 Å². The van der Waals surface area contributed by atoms with Gasteiger partial charge < -0.3 is 4.74 Å². The van der Waals surface area contributed by atoms with Crippen LogP contribution in [0.2, 0.25) is 10.0 Å². The van der Waals surface area contributed by atoms with Crippen molar-refractivity contribution in [1.82, 2.24) is 9.78 Å². The fourth-order valence-electron chi connectivity index (χ4n) is 3.21. The number of para-hydroxylation sites is 1. The second-order valence-electron chi connectivity index (χ2n) is 6.74. The Morgan fingerprint density at radius 3 is 2.42 bits per heavy atom. The van der Waals surface area contributed by atoms with Crippen LogP contribution in [0.1, 0.15) is 11.1 Å². The van der Waals surface area contributed by atoms with Crippen LogP contribution in [0.3, 0.4) is 0 Å². The van der Waals surface area contributed by atoms with E-state index in [0.717, 1.165) is 28.3 Å². The van der Waals surface area contributed by atoms with Crippen LogP contribution in [-0.4, -0.2) is 16.9 Å². The normalized spacial score (nSPS) is 11.2. The van der Waals surface area contributed by atoms with Gasteiger partial charge in [-0.1, -0.05) is 47.5 Å². The average Bonchev–Trinajstić information content (AvgIpc) is 3.22. The van der Waals surface area contributed by atoms with Crippen molar-refractivity contribution in [2.75, 3.05) is 7.11 Å². The van der Waals surface area contributed by atoms with E-state index in [1.807, 2.05) is 60.8 Å². The zero-order valence-electron chi connectivity index (χ0n) is 16.6. The molecule has 4 rings (SSSR count). The highest BCUT2D eigenvalue weighted by Gasteiger charge is 2.14. The van der Waals surface area contributed by atoms with E-state index in [4.69, 9.17) is 33.0 Å². The number of aromatic nitrogens is 2. The van der Waals surface area contributed by atoms with Crippen LogP contribution in [0.15, 0.2) is 79.0 Å². The lowest BCUT2D eigenvalue weighted by Crippen LogP contribution is -1.94. The van der Waals surface area contributed by atoms with Crippen molar-refractivity contribution in [3.05, 3.63) is 100 Å². The lowest BCUT2D eigenvalue weighted by molar-refractivity contribution is 0.415. The summed E-state index contributed by atoms with van der Waals surface area (Å²) in [5, 5.41) is 15.6. The molecule has 152 valence electrons. The van der Waals surface area contributed by atoms with Gasteiger partial charge in [0.2, 0.25) is 0 Å². The second kappa shape index (κ2) is 9.09. The van der Waals surface area contributed by atoms with Crippen molar-refractivity contribution in [2.24, 2.45) is 0 Å². The standard InChI is InChI=1S/C25H17Cl2N3O/c1-31-22-10-7-17(8-11-22)25-19(16-30(29-25)21-5-3-2-4-6-21)13-18(15-28)23-12-9-20(26)14-24(23)27/h2-14,16H,1H3/b18-13-. The van der Waals surface area contributed by atoms with Crippen molar-refractivity contribution < 1.29 is 4.74 Å². The van der Waals surface area contributed by atoms with Gasteiger partial charge in [0.05, 0.1) is 35.2 Å². The molecule has 0 saturated carbocycles. The molecule has 0 atom stereocenters. The zero-order chi connectivity index (χ0) is 21.8. The van der Waals surface area contributed by atoms with Gasteiger partial charge in [-0.3, -0.25) is 0 Å². The minimum atomic E-state index is 0.418. The van der Waals surface area contributed by atoms with E-state index in [2.05, 4.69) is 6.07 Å². The quantitative estimate of drug-likeness (QED) is 0.313. The van der Waals surface area contributed by atoms with Gasteiger partial charge in [0.25, 0.3) is 0 Å². The highest BCUT2D eigenvalue weighted by molar-refractivity contribution is 6.36. The highest BCUT2D eigenvalue weighted by Crippen LogP contribution is 2.32. The van der Waals surface area contributed by atoms with Gasteiger partial charge in [-0.15, -0.1) is 0 Å². The maximum atomic E-state index is 9.83. The van der Waals surface area contributed by atoms with Crippen molar-refractivity contribution in [1.29, 1.82) is 5.26 Å². The number of halogens is 2. The summed E-state index contributed by atoms with van der Waals surface area (Å²) in [6.45, 7) is 0. The molecule has 0 aliphatic rings. The number of benzene rings is 3. The summed E-state index contributed by atoms with van der Waals surface area (Å²) < 4.78 is 7.06. The number of nitriles is 1. The van der Waals surface area contributed by atoms with Crippen LogP contribution in [0, 0.1) is 11.3 Å². The van der Waals surface area contributed by atoms with Gasteiger partial charge in [0, 0.05) is 27.9 Å². The molecule has 0 spiro atoms. The molecule has 0 radical (unpaired) electrons. The summed E-state index contributed by atoms with van der Waals surface area (Å²) >= 11 is 12.4. The first-order valence-corrected chi connectivity index (χ1v) is 10.2. The Morgan fingerprint density at radius 1 is 1.03 bits per heavy atom. The summed E-state index contributed by atoms with van der Waals surface area (Å²) in [5.41, 5.74) is 4.38. The van der Waals surface area contributed by atoms with E-state index in [-0.39, 0.29) is 0 Å². The maximum absolute atomic E-state index is 9.83. The molecule has 0 saturated heterocycles. The van der Waals surface area contributed by atoms with E-state index < -0.39 is 0 Å². The molecule has 31 heavy (non-hydrogen) atoms. The third-order valence-corrected chi connectivity index (χ3v) is 5.32. The van der Waals surface area contributed by atoms with Gasteiger partial charge in [0.15, 0.2) is 0 Å². The molecule has 0 fully saturated rings. The smallest absolute Gasteiger partial charge is 0.118 e. The minimum Gasteiger partial charge on any atom is -0.497 e. The Hall–Kier alpha value is -3.52. The number of methoxy groups -OCH3 is 1. The van der Waals surface area contributed by atoms with Crippen LogP contribution < -0.4 is 4.74 Å². The predicted octanol–water partition coefficient (Wildman–Crippen LogP) is 6.92. The molecule has 1 aromatic heterocycles. The molecule has 1 heterocycles. The molecular weight excluding hydrogens is 429 g/mol. The monoisotopic (exact) mass is 445 g/mol. The largest absolute Gasteiger partial charge is 0.497 e. The van der Waals surface area contributed by atoms with E-state index in [1.54, 1.807) is 36.1 Å². The van der Waals surface area contributed by atoms with Crippen molar-refractivity contribution in [3.63, 3.8) is 0 Å². The molecule has 4 nitrogen and oxygen atoms in total. The number of rotatable bonds is 5. The van der Waals surface area contributed by atoms with Crippen LogP contribution >= 0.6 is 23.2 Å². The molecule has 3 aromatic carbocycles. The number of ether oxygens (including phenoxy) is 1. The first-order valence-electron chi connectivity index (χ1n) is 9.46. The Labute approximate surface area is 190 Å². The first kappa shape index (κ1) is 20.7. The summed E-state index contributed by atoms with van der Waals surface area (Å²) in [5.74, 6) is 0.758. The maximum Gasteiger partial charge on any atom is 0.118 e. The highest BCUT2D eigenvalue weighted by atomic mass is 35.5. The van der Waals surface area contributed by atoms with Gasteiger partial charge in [0.1, 0.15) is 5.75 Å². The molecule has 6 heteroatoms. The molecular formula is C25H17Cl2N3O. The molecule has 0 bridgehead atoms. The van der Waals surface area contributed by atoms with Gasteiger partial charge in [-0.25, -0.2) is 4.68 Å². The zero-order valence-corrected chi connectivity index (χ0v) is 18.1. The average molecular weight is 446 g/mol. The Bertz CT molecular complexity index is 1290. The summed E-state index contributed by atoms with van der Waals surface area (Å²) in [6, 6.07) is 24.8. The predicted molar refractivity (Wildman–Crippen MR) is 125 cm³/mol. The molecule has 0 aliphatic carbocycles. The molecule has 0 amide bonds. The third-order valence-electron chi connectivity index (χ3n) is 4.77. The number of hydrogen-bond acceptors (Lipinski definition) is 3. The second-order valence-corrected chi connectivity index (χ2v) is 7.58. The Morgan fingerprint density at radius 2 is 1.77 bits per heavy atom. The van der Waals surface area contributed by atoms with E-state index in [1.165, 1.54) is 0 Å². The van der Waals surface area contributed by atoms with Gasteiger partial charge in [-0.2, -0.15) is 10.4 Å². The SMILES string of the molecule is COc1ccc(-c2nn(-c3ccccc3)cc2/C=C(/C#N)c2ccc(Cl)cc2Cl)cc1. The van der Waals surface area contributed by atoms with Crippen LogP contribution in [0.4, 0.5) is 0 Å². The molecule has 0 aliphatic heterocycles. The van der Waals surface area contributed by atoms with Crippen molar-refractivity contribution in [2.45, 2.75) is 0 Å². The van der Waals surface area contributed by atoms with Crippen molar-refractivity contribution >= 4 is 34.9 Å². The summed E-state index contributed by atoms with van der Waals surface area (Å²) in [6.07, 6.45) is 3.69. The van der Waals surface area contributed by atoms with E-state index >= 15 is 0 Å². The first-order chi connectivity index (χ1) is 15.1. The van der Waals surface area contributed by atoms with Gasteiger partial charge in [-0.05, 0) is 54.6 Å². The summed E-state index contributed by atoms with van der Waals surface area (Å²) in [4.78, 5) is 0. The molecule has 0 unspecified atom stereocenters. The van der Waals surface area contributed by atoms with Crippen LogP contribution in [0.5, 0.6) is 5.75 Å². The topological polar surface area (TPSA) is 50.8 Å². The van der Waals surface area contributed by atoms with Crippen LogP contribution in [-0.2, 0) is 0 Å². The number of nitrogens with zero attached hydrogens (tertiary/aromatic N) is 3. The van der Waals surface area contributed by atoms with Crippen LogP contribution in [0.25, 0.3) is 28.6 Å². The van der Waals surface area contributed by atoms with Crippen molar-refractivity contribution in [3.8, 4) is 28.8 Å². The minimum absolute atomic E-state index is 0.418. The Balaban J connectivity index is 1.87. The fourth-order valence-corrected chi connectivity index (χ4v) is 3.72. The Kier molecular flexibility index (Phi) is 6.08. The molecule has 0 N–H and O–H groups in total. The number of allylic oxidation sites excluding steroid dienone is 1. The van der Waals surface area contributed by atoms with Gasteiger partial charge >= 0.3 is 0 Å². The molecule has 4 aromatic rings. The van der Waals surface area contributed by atoms with E-state index in [0.29, 0.717) is 21.2 Å². The third kappa shape index (κ3) is 4.49. The lowest BCUT2D eigenvalue weighted by Gasteiger charge is -2.05. The summed E-state index contributed by atoms with van der Waals surface area (Å²) in [7, 11) is 1.63. The lowest BCUT2D eigenvalue weighted by atomic mass is 10.0. The fraction of sp³-hybridized carbons (Fsp3) is 0.0400. The number of hydrogen-bond donors (Lipinski definition) is 0.